The Balaban J connectivity index is 1.86. The molecule has 0 saturated heterocycles. The van der Waals surface area contributed by atoms with Crippen molar-refractivity contribution < 1.29 is 9.53 Å². The van der Waals surface area contributed by atoms with Crippen molar-refractivity contribution in [3.63, 3.8) is 0 Å². The first-order chi connectivity index (χ1) is 10.1. The van der Waals surface area contributed by atoms with Crippen molar-refractivity contribution in [3.8, 4) is 5.75 Å². The van der Waals surface area contributed by atoms with E-state index in [1.807, 2.05) is 24.3 Å². The number of amides is 1. The topological polar surface area (TPSA) is 38.3 Å². The fourth-order valence-corrected chi connectivity index (χ4v) is 2.40. The second kappa shape index (κ2) is 5.44. The summed E-state index contributed by atoms with van der Waals surface area (Å²) in [5, 5.41) is 2.82. The Labute approximate surface area is 124 Å². The first kappa shape index (κ1) is 13.4. The number of hydrogen-bond donors (Lipinski definition) is 1. The third-order valence-electron chi connectivity index (χ3n) is 3.52. The molecule has 0 aliphatic carbocycles. The van der Waals surface area contributed by atoms with Crippen LogP contribution in [0, 0.1) is 13.8 Å². The first-order valence-electron chi connectivity index (χ1n) is 6.94. The molecule has 21 heavy (non-hydrogen) atoms. The van der Waals surface area contributed by atoms with Gasteiger partial charge < -0.3 is 10.1 Å². The molecule has 3 heteroatoms. The maximum Gasteiger partial charge on any atom is 0.262 e. The molecule has 1 N–H and O–H groups in total. The average molecular weight is 279 g/mol. The second-order valence-electron chi connectivity index (χ2n) is 5.29. The van der Waals surface area contributed by atoms with Crippen LogP contribution in [0.5, 0.6) is 5.75 Å². The zero-order valence-corrected chi connectivity index (χ0v) is 12.1. The van der Waals surface area contributed by atoms with Crippen molar-refractivity contribution in [3.05, 3.63) is 58.7 Å². The summed E-state index contributed by atoms with van der Waals surface area (Å²) in [6.07, 6.45) is 4.13. The van der Waals surface area contributed by atoms with Crippen LogP contribution in [-0.4, -0.2) is 12.5 Å². The molecule has 0 radical (unpaired) electrons. The Kier molecular flexibility index (Phi) is 3.48. The summed E-state index contributed by atoms with van der Waals surface area (Å²) < 4.78 is 5.35. The lowest BCUT2D eigenvalue weighted by Crippen LogP contribution is -2.25. The minimum absolute atomic E-state index is 0.0880. The van der Waals surface area contributed by atoms with Gasteiger partial charge in [-0.15, -0.1) is 0 Å². The molecule has 1 aliphatic rings. The molecule has 0 unspecified atom stereocenters. The molecule has 1 aliphatic heterocycles. The number of carbonyl (C=O) groups excluding carboxylic acids is 1. The van der Waals surface area contributed by atoms with Gasteiger partial charge in [0.05, 0.1) is 5.69 Å². The van der Waals surface area contributed by atoms with Gasteiger partial charge in [0, 0.05) is 0 Å². The Morgan fingerprint density at radius 3 is 2.76 bits per heavy atom. The van der Waals surface area contributed by atoms with E-state index in [4.69, 9.17) is 4.74 Å². The molecule has 0 spiro atoms. The van der Waals surface area contributed by atoms with Gasteiger partial charge in [-0.05, 0) is 42.7 Å². The summed E-state index contributed by atoms with van der Waals surface area (Å²) in [5.74, 6) is 0.608. The number of benzene rings is 2. The van der Waals surface area contributed by atoms with E-state index >= 15 is 0 Å². The monoisotopic (exact) mass is 279 g/mol. The third-order valence-corrected chi connectivity index (χ3v) is 3.52. The van der Waals surface area contributed by atoms with E-state index in [-0.39, 0.29) is 12.5 Å². The molecule has 0 atom stereocenters. The van der Waals surface area contributed by atoms with Crippen LogP contribution < -0.4 is 10.1 Å². The molecule has 0 aromatic heterocycles. The van der Waals surface area contributed by atoms with Gasteiger partial charge in [0.15, 0.2) is 6.61 Å². The van der Waals surface area contributed by atoms with Crippen LogP contribution in [-0.2, 0) is 4.79 Å². The minimum atomic E-state index is -0.113. The van der Waals surface area contributed by atoms with Crippen LogP contribution in [0.3, 0.4) is 0 Å². The van der Waals surface area contributed by atoms with Gasteiger partial charge in [0.25, 0.3) is 5.91 Å². The van der Waals surface area contributed by atoms with E-state index in [9.17, 15) is 4.79 Å². The highest BCUT2D eigenvalue weighted by Gasteiger charge is 2.15. The summed E-state index contributed by atoms with van der Waals surface area (Å²) in [6, 6.07) is 12.2. The predicted molar refractivity (Wildman–Crippen MR) is 85.4 cm³/mol. The van der Waals surface area contributed by atoms with Crippen molar-refractivity contribution in [1.82, 2.24) is 0 Å². The molecule has 3 nitrogen and oxygen atoms in total. The summed E-state index contributed by atoms with van der Waals surface area (Å²) in [5.41, 5.74) is 5.46. The van der Waals surface area contributed by atoms with Gasteiger partial charge in [-0.3, -0.25) is 4.79 Å². The SMILES string of the molecule is Cc1ccc(C=Cc2ccc3c(c2)NC(=O)CO3)c(C)c1. The van der Waals surface area contributed by atoms with Gasteiger partial charge >= 0.3 is 0 Å². The highest BCUT2D eigenvalue weighted by molar-refractivity contribution is 5.95. The van der Waals surface area contributed by atoms with Gasteiger partial charge in [0.2, 0.25) is 0 Å². The number of nitrogens with one attached hydrogen (secondary N) is 1. The van der Waals surface area contributed by atoms with Gasteiger partial charge in [-0.2, -0.15) is 0 Å². The Hall–Kier alpha value is -2.55. The molecule has 1 amide bonds. The standard InChI is InChI=1S/C18H17NO2/c1-12-3-6-15(13(2)9-12)7-4-14-5-8-17-16(10-14)19-18(20)11-21-17/h3-10H,11H2,1-2H3,(H,19,20). The van der Waals surface area contributed by atoms with Crippen LogP contribution in [0.2, 0.25) is 0 Å². The maximum absolute atomic E-state index is 11.3. The first-order valence-corrected chi connectivity index (χ1v) is 6.94. The van der Waals surface area contributed by atoms with Gasteiger partial charge in [-0.25, -0.2) is 0 Å². The van der Waals surface area contributed by atoms with Crippen molar-refractivity contribution in [2.45, 2.75) is 13.8 Å². The van der Waals surface area contributed by atoms with Crippen LogP contribution in [0.1, 0.15) is 22.3 Å². The fraction of sp³-hybridized carbons (Fsp3) is 0.167. The number of ether oxygens (including phenoxy) is 1. The zero-order chi connectivity index (χ0) is 14.8. The van der Waals surface area contributed by atoms with Crippen LogP contribution in [0.25, 0.3) is 12.2 Å². The number of carbonyl (C=O) groups is 1. The molecule has 106 valence electrons. The van der Waals surface area contributed by atoms with Gasteiger partial charge in [-0.1, -0.05) is 42.0 Å². The number of fused-ring (bicyclic) bond motifs is 1. The van der Waals surface area contributed by atoms with Crippen molar-refractivity contribution in [2.24, 2.45) is 0 Å². The number of anilines is 1. The van der Waals surface area contributed by atoms with Crippen LogP contribution >= 0.6 is 0 Å². The third kappa shape index (κ3) is 2.97. The Bertz CT molecular complexity index is 732. The molecule has 2 aromatic rings. The average Bonchev–Trinajstić information content (AvgIpc) is 2.46. The van der Waals surface area contributed by atoms with Gasteiger partial charge in [0.1, 0.15) is 5.75 Å². The molecule has 2 aromatic carbocycles. The largest absolute Gasteiger partial charge is 0.482 e. The molecular formula is C18H17NO2. The maximum atomic E-state index is 11.3. The Morgan fingerprint density at radius 2 is 1.95 bits per heavy atom. The van der Waals surface area contributed by atoms with E-state index in [0.29, 0.717) is 0 Å². The minimum Gasteiger partial charge on any atom is -0.482 e. The summed E-state index contributed by atoms with van der Waals surface area (Å²) in [7, 11) is 0. The molecular weight excluding hydrogens is 262 g/mol. The predicted octanol–water partition coefficient (Wildman–Crippen LogP) is 3.80. The molecule has 3 rings (SSSR count). The fourth-order valence-electron chi connectivity index (χ4n) is 2.40. The number of rotatable bonds is 2. The quantitative estimate of drug-likeness (QED) is 0.849. The van der Waals surface area contributed by atoms with E-state index in [1.165, 1.54) is 16.7 Å². The van der Waals surface area contributed by atoms with Crippen molar-refractivity contribution >= 4 is 23.7 Å². The summed E-state index contributed by atoms with van der Waals surface area (Å²) in [6.45, 7) is 4.28. The second-order valence-corrected chi connectivity index (χ2v) is 5.29. The lowest BCUT2D eigenvalue weighted by atomic mass is 10.0. The lowest BCUT2D eigenvalue weighted by molar-refractivity contribution is -0.118. The number of aryl methyl sites for hydroxylation is 2. The van der Waals surface area contributed by atoms with E-state index < -0.39 is 0 Å². The smallest absolute Gasteiger partial charge is 0.262 e. The normalized spacial score (nSPS) is 13.7. The zero-order valence-electron chi connectivity index (χ0n) is 12.1. The molecule has 0 fully saturated rings. The summed E-state index contributed by atoms with van der Waals surface area (Å²) >= 11 is 0. The van der Waals surface area contributed by atoms with E-state index in [2.05, 4.69) is 43.4 Å². The van der Waals surface area contributed by atoms with Crippen molar-refractivity contribution in [1.29, 1.82) is 0 Å². The molecule has 0 bridgehead atoms. The van der Waals surface area contributed by atoms with Crippen molar-refractivity contribution in [2.75, 3.05) is 11.9 Å². The molecule has 0 saturated carbocycles. The summed E-state index contributed by atoms with van der Waals surface area (Å²) in [4.78, 5) is 11.3. The number of hydrogen-bond acceptors (Lipinski definition) is 2. The van der Waals surface area contributed by atoms with E-state index in [0.717, 1.165) is 17.0 Å². The Morgan fingerprint density at radius 1 is 1.10 bits per heavy atom. The molecule has 1 heterocycles. The van der Waals surface area contributed by atoms with E-state index in [1.54, 1.807) is 0 Å². The lowest BCUT2D eigenvalue weighted by Gasteiger charge is -2.17. The van der Waals surface area contributed by atoms with Crippen LogP contribution in [0.4, 0.5) is 5.69 Å². The highest BCUT2D eigenvalue weighted by Crippen LogP contribution is 2.29. The highest BCUT2D eigenvalue weighted by atomic mass is 16.5. The van der Waals surface area contributed by atoms with Crippen LogP contribution in [0.15, 0.2) is 36.4 Å².